The molecule has 1 unspecified atom stereocenters. The third-order valence-corrected chi connectivity index (χ3v) is 1.82. The molecule has 0 spiro atoms. The predicted molar refractivity (Wildman–Crippen MR) is 63.4 cm³/mol. The summed E-state index contributed by atoms with van der Waals surface area (Å²) in [5.41, 5.74) is 0. The molecule has 110 valence electrons. The molecule has 0 saturated carbocycles. The molecule has 0 radical (unpaired) electrons. The Balaban J connectivity index is 2.98. The van der Waals surface area contributed by atoms with Crippen molar-refractivity contribution in [2.24, 2.45) is 0 Å². The minimum absolute atomic E-state index is 0.0166. The first kappa shape index (κ1) is 17.7. The zero-order valence-electron chi connectivity index (χ0n) is 10.9. The van der Waals surface area contributed by atoms with Gasteiger partial charge >= 0.3 is 0 Å². The van der Waals surface area contributed by atoms with Gasteiger partial charge in [0.05, 0.1) is 52.9 Å². The lowest BCUT2D eigenvalue weighted by Crippen LogP contribution is -2.22. The highest BCUT2D eigenvalue weighted by atomic mass is 16.7. The van der Waals surface area contributed by atoms with E-state index in [1.807, 2.05) is 0 Å². The van der Waals surface area contributed by atoms with E-state index in [2.05, 4.69) is 0 Å². The molecule has 1 atom stereocenters. The van der Waals surface area contributed by atoms with Gasteiger partial charge in [0.15, 0.2) is 0 Å². The Morgan fingerprint density at radius 2 is 1.44 bits per heavy atom. The van der Waals surface area contributed by atoms with Crippen LogP contribution in [0.5, 0.6) is 0 Å². The van der Waals surface area contributed by atoms with Gasteiger partial charge in [-0.1, -0.05) is 0 Å². The van der Waals surface area contributed by atoms with Gasteiger partial charge in [-0.05, 0) is 0 Å². The highest BCUT2D eigenvalue weighted by Crippen LogP contribution is 1.87. The first-order valence-corrected chi connectivity index (χ1v) is 5.90. The van der Waals surface area contributed by atoms with Gasteiger partial charge in [-0.25, -0.2) is 0 Å². The van der Waals surface area contributed by atoms with E-state index < -0.39 is 6.10 Å². The van der Waals surface area contributed by atoms with Crippen molar-refractivity contribution in [2.45, 2.75) is 6.10 Å². The maximum absolute atomic E-state index is 9.25. The van der Waals surface area contributed by atoms with E-state index >= 15 is 0 Å². The molecule has 0 aromatic rings. The van der Waals surface area contributed by atoms with Crippen molar-refractivity contribution in [3.05, 3.63) is 0 Å². The molecule has 0 aliphatic rings. The van der Waals surface area contributed by atoms with Gasteiger partial charge in [0.25, 0.3) is 0 Å². The van der Waals surface area contributed by atoms with Gasteiger partial charge in [-0.15, -0.1) is 0 Å². The maximum atomic E-state index is 9.25. The monoisotopic (exact) mass is 268 g/mol. The molecule has 7 nitrogen and oxygen atoms in total. The van der Waals surface area contributed by atoms with Gasteiger partial charge in [0, 0.05) is 7.11 Å². The van der Waals surface area contributed by atoms with Crippen molar-refractivity contribution in [2.75, 3.05) is 66.8 Å². The Morgan fingerprint density at radius 1 is 0.833 bits per heavy atom. The fraction of sp³-hybridized carbons (Fsp3) is 1.00. The minimum Gasteiger partial charge on any atom is -0.394 e. The maximum Gasteiger partial charge on any atom is 0.146 e. The van der Waals surface area contributed by atoms with Gasteiger partial charge in [-0.2, -0.15) is 0 Å². The Bertz CT molecular complexity index is 156. The molecule has 0 amide bonds. The van der Waals surface area contributed by atoms with Gasteiger partial charge < -0.3 is 33.9 Å². The summed E-state index contributed by atoms with van der Waals surface area (Å²) in [5.74, 6) is 0. The second kappa shape index (κ2) is 14.8. The van der Waals surface area contributed by atoms with Crippen molar-refractivity contribution in [1.82, 2.24) is 0 Å². The highest BCUT2D eigenvalue weighted by molar-refractivity contribution is 4.49. The largest absolute Gasteiger partial charge is 0.394 e. The van der Waals surface area contributed by atoms with Crippen LogP contribution in [0.2, 0.25) is 0 Å². The summed E-state index contributed by atoms with van der Waals surface area (Å²) >= 11 is 0. The second-order valence-electron chi connectivity index (χ2n) is 3.45. The van der Waals surface area contributed by atoms with E-state index in [9.17, 15) is 5.11 Å². The van der Waals surface area contributed by atoms with Gasteiger partial charge in [0.2, 0.25) is 0 Å². The summed E-state index contributed by atoms with van der Waals surface area (Å²) in [6, 6.07) is 0. The van der Waals surface area contributed by atoms with Crippen molar-refractivity contribution < 1.29 is 33.9 Å². The number of hydrogen-bond donors (Lipinski definition) is 2. The molecule has 0 heterocycles. The van der Waals surface area contributed by atoms with Crippen LogP contribution < -0.4 is 0 Å². The summed E-state index contributed by atoms with van der Waals surface area (Å²) in [5, 5.41) is 17.7. The molecule has 7 heteroatoms. The number of hydrogen-bond acceptors (Lipinski definition) is 7. The summed E-state index contributed by atoms with van der Waals surface area (Å²) in [6.07, 6.45) is -0.602. The van der Waals surface area contributed by atoms with Crippen LogP contribution in [0.1, 0.15) is 0 Å². The first-order valence-electron chi connectivity index (χ1n) is 5.90. The van der Waals surface area contributed by atoms with Gasteiger partial charge in [-0.3, -0.25) is 0 Å². The number of methoxy groups -OCH3 is 1. The first-order chi connectivity index (χ1) is 8.81. The van der Waals surface area contributed by atoms with Crippen LogP contribution >= 0.6 is 0 Å². The fourth-order valence-electron chi connectivity index (χ4n) is 1.04. The van der Waals surface area contributed by atoms with Crippen LogP contribution in [0.15, 0.2) is 0 Å². The lowest BCUT2D eigenvalue weighted by Gasteiger charge is -2.10. The quantitative estimate of drug-likeness (QED) is 0.309. The molecule has 0 aromatic heterocycles. The molecule has 0 fully saturated rings. The zero-order valence-corrected chi connectivity index (χ0v) is 10.9. The van der Waals surface area contributed by atoms with E-state index in [-0.39, 0.29) is 26.6 Å². The number of aliphatic hydroxyl groups excluding tert-OH is 2. The molecular formula is C11H24O7. The third-order valence-electron chi connectivity index (χ3n) is 1.82. The van der Waals surface area contributed by atoms with Crippen LogP contribution in [0.4, 0.5) is 0 Å². The summed E-state index contributed by atoms with van der Waals surface area (Å²) in [4.78, 5) is 0. The number of rotatable bonds is 14. The Kier molecular flexibility index (Phi) is 14.5. The van der Waals surface area contributed by atoms with Crippen molar-refractivity contribution in [3.63, 3.8) is 0 Å². The molecule has 0 aliphatic heterocycles. The smallest absolute Gasteiger partial charge is 0.146 e. The van der Waals surface area contributed by atoms with Gasteiger partial charge in [0.1, 0.15) is 12.9 Å². The second-order valence-corrected chi connectivity index (χ2v) is 3.45. The molecule has 18 heavy (non-hydrogen) atoms. The Hall–Kier alpha value is -0.280. The lowest BCUT2D eigenvalue weighted by molar-refractivity contribution is -0.0883. The average molecular weight is 268 g/mol. The minimum atomic E-state index is -0.602. The number of ether oxygens (including phenoxy) is 5. The van der Waals surface area contributed by atoms with Crippen LogP contribution in [0, 0.1) is 0 Å². The summed E-state index contributed by atoms with van der Waals surface area (Å²) in [7, 11) is 1.52. The normalized spacial score (nSPS) is 12.8. The summed E-state index contributed by atoms with van der Waals surface area (Å²) in [6.45, 7) is 2.65. The van der Waals surface area contributed by atoms with Crippen molar-refractivity contribution in [3.8, 4) is 0 Å². The Morgan fingerprint density at radius 3 is 2.06 bits per heavy atom. The molecule has 2 N–H and O–H groups in total. The van der Waals surface area contributed by atoms with Crippen molar-refractivity contribution >= 4 is 0 Å². The van der Waals surface area contributed by atoms with Crippen LogP contribution in [0.3, 0.4) is 0 Å². The highest BCUT2D eigenvalue weighted by Gasteiger charge is 2.02. The molecule has 0 aromatic carbocycles. The van der Waals surface area contributed by atoms with E-state index in [0.29, 0.717) is 33.0 Å². The molecular weight excluding hydrogens is 244 g/mol. The predicted octanol–water partition coefficient (Wildman–Crippen LogP) is -0.990. The topological polar surface area (TPSA) is 86.6 Å². The molecule has 0 aliphatic carbocycles. The molecule has 0 bridgehead atoms. The van der Waals surface area contributed by atoms with Crippen molar-refractivity contribution in [1.29, 1.82) is 0 Å². The average Bonchev–Trinajstić information content (AvgIpc) is 2.36. The van der Waals surface area contributed by atoms with Crippen LogP contribution in [-0.4, -0.2) is 83.1 Å². The Labute approximate surface area is 108 Å². The number of aliphatic hydroxyl groups is 2. The third kappa shape index (κ3) is 13.8. The van der Waals surface area contributed by atoms with E-state index in [4.69, 9.17) is 28.8 Å². The fourth-order valence-corrected chi connectivity index (χ4v) is 1.04. The molecule has 0 rings (SSSR count). The van der Waals surface area contributed by atoms with E-state index in [1.54, 1.807) is 0 Å². The zero-order chi connectivity index (χ0) is 13.5. The standard InChI is InChI=1S/C11H24O7/c1-14-8-11(13)9-16-5-7-18-10-17-6-4-15-3-2-12/h11-13H,2-10H2,1H3. The summed E-state index contributed by atoms with van der Waals surface area (Å²) < 4.78 is 25.1. The van der Waals surface area contributed by atoms with E-state index in [1.165, 1.54) is 7.11 Å². The van der Waals surface area contributed by atoms with Crippen LogP contribution in [0.25, 0.3) is 0 Å². The van der Waals surface area contributed by atoms with E-state index in [0.717, 1.165) is 0 Å². The SMILES string of the molecule is COCC(O)COCCOCOCCOCCO. The molecule has 0 saturated heterocycles. The van der Waals surface area contributed by atoms with Crippen LogP contribution in [-0.2, 0) is 23.7 Å². The lowest BCUT2D eigenvalue weighted by atomic mass is 10.4.